The molecule has 0 unspecified atom stereocenters. The zero-order chi connectivity index (χ0) is 13.8. The van der Waals surface area contributed by atoms with Crippen LogP contribution in [-0.2, 0) is 0 Å². The maximum Gasteiger partial charge on any atom is 0.142 e. The maximum absolute atomic E-state index is 5.93. The molecule has 0 radical (unpaired) electrons. The lowest BCUT2D eigenvalue weighted by atomic mass is 9.93. The first-order valence-electron chi connectivity index (χ1n) is 6.15. The van der Waals surface area contributed by atoms with Gasteiger partial charge in [0.1, 0.15) is 5.82 Å². The molecule has 0 saturated heterocycles. The van der Waals surface area contributed by atoms with Crippen LogP contribution in [0, 0.1) is 5.41 Å². The Kier molecular flexibility index (Phi) is 5.89. The summed E-state index contributed by atoms with van der Waals surface area (Å²) in [5, 5.41) is 0.639. The quantitative estimate of drug-likeness (QED) is 0.862. The molecule has 0 aliphatic rings. The lowest BCUT2D eigenvalue weighted by Crippen LogP contribution is -2.39. The summed E-state index contributed by atoms with van der Waals surface area (Å²) < 4.78 is 0.927. The van der Waals surface area contributed by atoms with Crippen LogP contribution in [0.15, 0.2) is 16.7 Å². The van der Waals surface area contributed by atoms with Crippen molar-refractivity contribution in [3.05, 3.63) is 21.8 Å². The van der Waals surface area contributed by atoms with E-state index in [0.717, 1.165) is 29.8 Å². The standard InChI is InChI=1S/C13H21BrClN3/c1-4-5-18(9-13(2,3)8-16)12-11(14)6-10(15)7-17-12/h6-7H,4-5,8-9,16H2,1-3H3. The van der Waals surface area contributed by atoms with Crippen molar-refractivity contribution in [2.24, 2.45) is 11.1 Å². The smallest absolute Gasteiger partial charge is 0.142 e. The van der Waals surface area contributed by atoms with Crippen molar-refractivity contribution in [1.82, 2.24) is 4.98 Å². The Hall–Kier alpha value is -0.320. The summed E-state index contributed by atoms with van der Waals surface area (Å²) in [6.07, 6.45) is 2.75. The second-order valence-corrected chi connectivity index (χ2v) is 6.54. The van der Waals surface area contributed by atoms with Crippen LogP contribution < -0.4 is 10.6 Å². The second kappa shape index (κ2) is 6.73. The van der Waals surface area contributed by atoms with Crippen LogP contribution in [-0.4, -0.2) is 24.6 Å². The molecule has 5 heteroatoms. The highest BCUT2D eigenvalue weighted by Gasteiger charge is 2.22. The number of nitrogens with zero attached hydrogens (tertiary/aromatic N) is 2. The molecular formula is C13H21BrClN3. The minimum atomic E-state index is 0.0654. The molecule has 1 aromatic rings. The zero-order valence-electron chi connectivity index (χ0n) is 11.2. The summed E-state index contributed by atoms with van der Waals surface area (Å²) >= 11 is 9.46. The van der Waals surface area contributed by atoms with Gasteiger partial charge in [0.15, 0.2) is 0 Å². The average molecular weight is 335 g/mol. The minimum absolute atomic E-state index is 0.0654. The largest absolute Gasteiger partial charge is 0.355 e. The Morgan fingerprint density at radius 2 is 2.17 bits per heavy atom. The van der Waals surface area contributed by atoms with Crippen LogP contribution in [0.5, 0.6) is 0 Å². The van der Waals surface area contributed by atoms with E-state index in [-0.39, 0.29) is 5.41 Å². The van der Waals surface area contributed by atoms with Gasteiger partial charge in [-0.3, -0.25) is 0 Å². The van der Waals surface area contributed by atoms with Crippen molar-refractivity contribution >= 4 is 33.3 Å². The predicted octanol–water partition coefficient (Wildman–Crippen LogP) is 3.70. The number of rotatable bonds is 6. The molecule has 1 rings (SSSR count). The molecule has 0 fully saturated rings. The molecule has 0 bridgehead atoms. The minimum Gasteiger partial charge on any atom is -0.355 e. The summed E-state index contributed by atoms with van der Waals surface area (Å²) in [6, 6.07) is 1.88. The Morgan fingerprint density at radius 3 is 2.67 bits per heavy atom. The van der Waals surface area contributed by atoms with Crippen LogP contribution in [0.2, 0.25) is 5.02 Å². The first-order valence-corrected chi connectivity index (χ1v) is 7.33. The summed E-state index contributed by atoms with van der Waals surface area (Å²) in [5.41, 5.74) is 5.88. The molecule has 0 atom stereocenters. The molecule has 0 spiro atoms. The number of pyridine rings is 1. The zero-order valence-corrected chi connectivity index (χ0v) is 13.6. The van der Waals surface area contributed by atoms with E-state index in [1.165, 1.54) is 0 Å². The second-order valence-electron chi connectivity index (χ2n) is 5.25. The van der Waals surface area contributed by atoms with Gasteiger partial charge < -0.3 is 10.6 Å². The van der Waals surface area contributed by atoms with Crippen molar-refractivity contribution in [2.45, 2.75) is 27.2 Å². The van der Waals surface area contributed by atoms with Gasteiger partial charge >= 0.3 is 0 Å². The SMILES string of the molecule is CCCN(CC(C)(C)CN)c1ncc(Cl)cc1Br. The fraction of sp³-hybridized carbons (Fsp3) is 0.615. The molecule has 102 valence electrons. The van der Waals surface area contributed by atoms with Gasteiger partial charge in [-0.05, 0) is 40.4 Å². The normalized spacial score (nSPS) is 11.7. The topological polar surface area (TPSA) is 42.1 Å². The van der Waals surface area contributed by atoms with Gasteiger partial charge in [0.25, 0.3) is 0 Å². The van der Waals surface area contributed by atoms with E-state index in [1.807, 2.05) is 6.07 Å². The maximum atomic E-state index is 5.93. The molecular weight excluding hydrogens is 314 g/mol. The first-order chi connectivity index (χ1) is 8.39. The van der Waals surface area contributed by atoms with E-state index in [4.69, 9.17) is 17.3 Å². The highest BCUT2D eigenvalue weighted by Crippen LogP contribution is 2.29. The van der Waals surface area contributed by atoms with E-state index in [1.54, 1.807) is 6.20 Å². The molecule has 0 aliphatic carbocycles. The van der Waals surface area contributed by atoms with Crippen molar-refractivity contribution in [3.8, 4) is 0 Å². The lowest BCUT2D eigenvalue weighted by Gasteiger charge is -2.33. The van der Waals surface area contributed by atoms with E-state index in [0.29, 0.717) is 11.6 Å². The van der Waals surface area contributed by atoms with Crippen molar-refractivity contribution in [1.29, 1.82) is 0 Å². The molecule has 2 N–H and O–H groups in total. The van der Waals surface area contributed by atoms with Crippen LogP contribution >= 0.6 is 27.5 Å². The molecule has 1 aromatic heterocycles. The van der Waals surface area contributed by atoms with E-state index in [2.05, 4.69) is 46.6 Å². The summed E-state index contributed by atoms with van der Waals surface area (Å²) in [7, 11) is 0. The summed E-state index contributed by atoms with van der Waals surface area (Å²) in [4.78, 5) is 6.68. The van der Waals surface area contributed by atoms with E-state index < -0.39 is 0 Å². The number of anilines is 1. The van der Waals surface area contributed by atoms with Crippen LogP contribution in [0.25, 0.3) is 0 Å². The number of halogens is 2. The Balaban J connectivity index is 2.97. The summed E-state index contributed by atoms with van der Waals surface area (Å²) in [6.45, 7) is 8.98. The number of aromatic nitrogens is 1. The van der Waals surface area contributed by atoms with E-state index >= 15 is 0 Å². The lowest BCUT2D eigenvalue weighted by molar-refractivity contribution is 0.376. The van der Waals surface area contributed by atoms with E-state index in [9.17, 15) is 0 Å². The molecule has 1 heterocycles. The van der Waals surface area contributed by atoms with Crippen molar-refractivity contribution in [2.75, 3.05) is 24.5 Å². The molecule has 18 heavy (non-hydrogen) atoms. The third kappa shape index (κ3) is 4.41. The van der Waals surface area contributed by atoms with Crippen LogP contribution in [0.4, 0.5) is 5.82 Å². The Labute approximate surface area is 123 Å². The van der Waals surface area contributed by atoms with Gasteiger partial charge in [-0.1, -0.05) is 32.4 Å². The van der Waals surface area contributed by atoms with Gasteiger partial charge in [-0.15, -0.1) is 0 Å². The van der Waals surface area contributed by atoms with Gasteiger partial charge in [0, 0.05) is 19.3 Å². The molecule has 3 nitrogen and oxygen atoms in total. The van der Waals surface area contributed by atoms with Gasteiger partial charge in [-0.25, -0.2) is 4.98 Å². The van der Waals surface area contributed by atoms with Crippen LogP contribution in [0.3, 0.4) is 0 Å². The fourth-order valence-electron chi connectivity index (χ4n) is 1.75. The summed E-state index contributed by atoms with van der Waals surface area (Å²) in [5.74, 6) is 0.933. The monoisotopic (exact) mass is 333 g/mol. The van der Waals surface area contributed by atoms with Crippen molar-refractivity contribution < 1.29 is 0 Å². The third-order valence-corrected chi connectivity index (χ3v) is 3.54. The molecule has 0 amide bonds. The van der Waals surface area contributed by atoms with Crippen molar-refractivity contribution in [3.63, 3.8) is 0 Å². The third-order valence-electron chi connectivity index (χ3n) is 2.75. The fourth-order valence-corrected chi connectivity index (χ4v) is 2.64. The van der Waals surface area contributed by atoms with Gasteiger partial charge in [0.05, 0.1) is 9.50 Å². The Bertz CT molecular complexity index is 396. The molecule has 0 aromatic carbocycles. The number of hydrogen-bond acceptors (Lipinski definition) is 3. The Morgan fingerprint density at radius 1 is 1.50 bits per heavy atom. The highest BCUT2D eigenvalue weighted by atomic mass is 79.9. The highest BCUT2D eigenvalue weighted by molar-refractivity contribution is 9.10. The average Bonchev–Trinajstić information content (AvgIpc) is 2.28. The molecule has 0 saturated carbocycles. The number of nitrogens with two attached hydrogens (primary N) is 1. The van der Waals surface area contributed by atoms with Gasteiger partial charge in [-0.2, -0.15) is 0 Å². The number of hydrogen-bond donors (Lipinski definition) is 1. The molecule has 0 aliphatic heterocycles. The van der Waals surface area contributed by atoms with Gasteiger partial charge in [0.2, 0.25) is 0 Å². The first kappa shape index (κ1) is 15.7. The van der Waals surface area contributed by atoms with Crippen LogP contribution in [0.1, 0.15) is 27.2 Å². The predicted molar refractivity (Wildman–Crippen MR) is 82.3 cm³/mol.